The van der Waals surface area contributed by atoms with Crippen LogP contribution in [0.15, 0.2) is 59.9 Å². The maximum Gasteiger partial charge on any atom is 0.258 e. The van der Waals surface area contributed by atoms with Crippen LogP contribution < -0.4 is 10.9 Å². The predicted octanol–water partition coefficient (Wildman–Crippen LogP) is 1.97. The highest BCUT2D eigenvalue weighted by Crippen LogP contribution is 2.23. The van der Waals surface area contributed by atoms with Gasteiger partial charge in [-0.15, -0.1) is 0 Å². The van der Waals surface area contributed by atoms with Gasteiger partial charge < -0.3 is 4.98 Å². The van der Waals surface area contributed by atoms with Crippen LogP contribution >= 0.6 is 0 Å². The first kappa shape index (κ1) is 15.7. The van der Waals surface area contributed by atoms with Gasteiger partial charge in [-0.1, -0.05) is 12.1 Å². The minimum Gasteiger partial charge on any atom is -0.329 e. The highest BCUT2D eigenvalue weighted by Gasteiger charge is 2.10. The number of fused-ring (bicyclic) bond motifs is 1. The fourth-order valence-corrected chi connectivity index (χ4v) is 2.59. The fourth-order valence-electron chi connectivity index (χ4n) is 2.59. The van der Waals surface area contributed by atoms with E-state index < -0.39 is 5.91 Å². The van der Waals surface area contributed by atoms with Crippen molar-refractivity contribution in [3.05, 3.63) is 71.0 Å². The standard InChI is InChI=1S/C18H14N6O2/c1-24-10-14(9-21-24)11-2-3-13-8-20-18(22-15(13)6-11)23-17(26)12-4-5-19-16(25)7-12/h2-10H,1H3,(H,19,25)(H,20,22,23,26). The van der Waals surface area contributed by atoms with Crippen molar-refractivity contribution in [2.75, 3.05) is 5.32 Å². The van der Waals surface area contributed by atoms with E-state index in [0.717, 1.165) is 16.5 Å². The first-order chi connectivity index (χ1) is 12.6. The van der Waals surface area contributed by atoms with Crippen molar-refractivity contribution in [1.82, 2.24) is 24.7 Å². The summed E-state index contributed by atoms with van der Waals surface area (Å²) in [7, 11) is 1.86. The van der Waals surface area contributed by atoms with Crippen LogP contribution in [0.3, 0.4) is 0 Å². The molecule has 3 aromatic heterocycles. The van der Waals surface area contributed by atoms with Gasteiger partial charge in [-0.2, -0.15) is 5.10 Å². The van der Waals surface area contributed by atoms with Crippen molar-refractivity contribution in [2.45, 2.75) is 0 Å². The zero-order chi connectivity index (χ0) is 18.1. The number of aromatic amines is 1. The molecule has 8 nitrogen and oxygen atoms in total. The predicted molar refractivity (Wildman–Crippen MR) is 96.8 cm³/mol. The number of pyridine rings is 1. The first-order valence-electron chi connectivity index (χ1n) is 7.84. The molecule has 8 heteroatoms. The van der Waals surface area contributed by atoms with E-state index in [1.165, 1.54) is 18.3 Å². The van der Waals surface area contributed by atoms with Crippen LogP contribution in [0, 0.1) is 0 Å². The summed E-state index contributed by atoms with van der Waals surface area (Å²) in [5, 5.41) is 7.63. The van der Waals surface area contributed by atoms with E-state index in [1.807, 2.05) is 31.4 Å². The summed E-state index contributed by atoms with van der Waals surface area (Å²) in [6.45, 7) is 0. The lowest BCUT2D eigenvalue weighted by Crippen LogP contribution is -2.17. The van der Waals surface area contributed by atoms with Crippen molar-refractivity contribution < 1.29 is 4.79 Å². The van der Waals surface area contributed by atoms with Gasteiger partial charge in [0, 0.05) is 48.2 Å². The number of carbonyl (C=O) groups excluding carboxylic acids is 1. The maximum absolute atomic E-state index is 12.2. The van der Waals surface area contributed by atoms with E-state index in [4.69, 9.17) is 0 Å². The zero-order valence-electron chi connectivity index (χ0n) is 13.8. The molecule has 0 unspecified atom stereocenters. The van der Waals surface area contributed by atoms with Crippen LogP contribution in [0.4, 0.5) is 5.95 Å². The minimum absolute atomic E-state index is 0.172. The van der Waals surface area contributed by atoms with E-state index in [0.29, 0.717) is 5.52 Å². The quantitative estimate of drug-likeness (QED) is 0.590. The normalized spacial score (nSPS) is 10.8. The Labute approximate surface area is 147 Å². The van der Waals surface area contributed by atoms with Crippen LogP contribution in [0.5, 0.6) is 0 Å². The van der Waals surface area contributed by atoms with E-state index in [1.54, 1.807) is 17.1 Å². The van der Waals surface area contributed by atoms with Gasteiger partial charge in [-0.25, -0.2) is 9.97 Å². The van der Waals surface area contributed by atoms with Crippen LogP contribution in [-0.2, 0) is 7.05 Å². The SMILES string of the molecule is Cn1cc(-c2ccc3cnc(NC(=O)c4cc[nH]c(=O)c4)nc3c2)cn1. The smallest absolute Gasteiger partial charge is 0.258 e. The van der Waals surface area contributed by atoms with Crippen LogP contribution in [0.25, 0.3) is 22.0 Å². The first-order valence-corrected chi connectivity index (χ1v) is 7.84. The Morgan fingerprint density at radius 2 is 2.04 bits per heavy atom. The number of hydrogen-bond donors (Lipinski definition) is 2. The van der Waals surface area contributed by atoms with Gasteiger partial charge in [0.2, 0.25) is 11.5 Å². The molecule has 0 radical (unpaired) electrons. The number of nitrogens with one attached hydrogen (secondary N) is 2. The Bertz CT molecular complexity index is 1180. The number of aryl methyl sites for hydroxylation is 1. The van der Waals surface area contributed by atoms with E-state index in [-0.39, 0.29) is 17.1 Å². The third-order valence-electron chi connectivity index (χ3n) is 3.88. The highest BCUT2D eigenvalue weighted by molar-refractivity contribution is 6.03. The molecule has 0 saturated carbocycles. The molecule has 2 N–H and O–H groups in total. The number of amides is 1. The van der Waals surface area contributed by atoms with Crippen LogP contribution in [0.2, 0.25) is 0 Å². The second kappa shape index (κ2) is 6.25. The number of benzene rings is 1. The Hall–Kier alpha value is -3.81. The second-order valence-electron chi connectivity index (χ2n) is 5.77. The third-order valence-corrected chi connectivity index (χ3v) is 3.88. The van der Waals surface area contributed by atoms with Crippen molar-refractivity contribution in [2.24, 2.45) is 7.05 Å². The molecule has 0 saturated heterocycles. The number of rotatable bonds is 3. The van der Waals surface area contributed by atoms with Gasteiger partial charge >= 0.3 is 0 Å². The monoisotopic (exact) mass is 346 g/mol. The van der Waals surface area contributed by atoms with Gasteiger partial charge in [0.1, 0.15) is 0 Å². The molecule has 128 valence electrons. The lowest BCUT2D eigenvalue weighted by Gasteiger charge is -2.05. The number of aromatic nitrogens is 5. The summed E-state index contributed by atoms with van der Waals surface area (Å²) < 4.78 is 1.73. The lowest BCUT2D eigenvalue weighted by molar-refractivity contribution is 0.102. The fraction of sp³-hybridized carbons (Fsp3) is 0.0556. The molecule has 0 atom stereocenters. The summed E-state index contributed by atoms with van der Waals surface area (Å²) in [4.78, 5) is 34.6. The lowest BCUT2D eigenvalue weighted by atomic mass is 10.1. The minimum atomic E-state index is -0.445. The molecular weight excluding hydrogens is 332 g/mol. The van der Waals surface area contributed by atoms with Gasteiger partial charge in [-0.05, 0) is 17.7 Å². The van der Waals surface area contributed by atoms with Gasteiger partial charge in [0.05, 0.1) is 11.7 Å². The van der Waals surface area contributed by atoms with Crippen molar-refractivity contribution in [1.29, 1.82) is 0 Å². The highest BCUT2D eigenvalue weighted by atomic mass is 16.2. The van der Waals surface area contributed by atoms with Crippen molar-refractivity contribution in [3.63, 3.8) is 0 Å². The topological polar surface area (TPSA) is 106 Å². The molecule has 1 aromatic carbocycles. The van der Waals surface area contributed by atoms with E-state index >= 15 is 0 Å². The van der Waals surface area contributed by atoms with Crippen LogP contribution in [-0.4, -0.2) is 30.6 Å². The van der Waals surface area contributed by atoms with Crippen LogP contribution in [0.1, 0.15) is 10.4 Å². The molecule has 0 bridgehead atoms. The molecule has 4 aromatic rings. The molecule has 0 spiro atoms. The van der Waals surface area contributed by atoms with Gasteiger partial charge in [0.15, 0.2) is 0 Å². The van der Waals surface area contributed by atoms with Gasteiger partial charge in [-0.3, -0.25) is 19.6 Å². The number of nitrogens with zero attached hydrogens (tertiary/aromatic N) is 4. The van der Waals surface area contributed by atoms with Gasteiger partial charge in [0.25, 0.3) is 5.91 Å². The van der Waals surface area contributed by atoms with E-state index in [2.05, 4.69) is 25.4 Å². The van der Waals surface area contributed by atoms with E-state index in [9.17, 15) is 9.59 Å². The largest absolute Gasteiger partial charge is 0.329 e. The zero-order valence-corrected chi connectivity index (χ0v) is 13.8. The number of anilines is 1. The molecule has 0 aliphatic heterocycles. The molecule has 0 aliphatic carbocycles. The van der Waals surface area contributed by atoms with Crippen molar-refractivity contribution in [3.8, 4) is 11.1 Å². The molecule has 0 fully saturated rings. The molecule has 1 amide bonds. The molecular formula is C18H14N6O2. The molecule has 4 rings (SSSR count). The number of H-pyrrole nitrogens is 1. The third kappa shape index (κ3) is 3.07. The summed E-state index contributed by atoms with van der Waals surface area (Å²) in [5.41, 5.74) is 2.53. The second-order valence-corrected chi connectivity index (χ2v) is 5.77. The maximum atomic E-state index is 12.2. The Morgan fingerprint density at radius 1 is 1.15 bits per heavy atom. The molecule has 26 heavy (non-hydrogen) atoms. The number of hydrogen-bond acceptors (Lipinski definition) is 5. The average molecular weight is 346 g/mol. The summed E-state index contributed by atoms with van der Waals surface area (Å²) in [5.74, 6) is -0.273. The Morgan fingerprint density at radius 3 is 2.81 bits per heavy atom. The molecule has 3 heterocycles. The molecule has 0 aliphatic rings. The number of carbonyl (C=O) groups is 1. The Kier molecular flexibility index (Phi) is 3.77. The summed E-state index contributed by atoms with van der Waals surface area (Å²) in [6, 6.07) is 8.53. The summed E-state index contributed by atoms with van der Waals surface area (Å²) >= 11 is 0. The van der Waals surface area contributed by atoms with Crippen molar-refractivity contribution >= 4 is 22.8 Å². The Balaban J connectivity index is 1.66. The average Bonchev–Trinajstić information content (AvgIpc) is 3.07. The summed E-state index contributed by atoms with van der Waals surface area (Å²) in [6.07, 6.45) is 6.75.